The third kappa shape index (κ3) is 3.91. The SMILES string of the molecule is Nc1cccc(CCC(=O)NC2CC=CCC2)c1. The number of amides is 1. The van der Waals surface area contributed by atoms with E-state index in [0.717, 1.165) is 36.9 Å². The van der Waals surface area contributed by atoms with E-state index in [4.69, 9.17) is 5.73 Å². The molecule has 2 rings (SSSR count). The number of nitrogen functional groups attached to an aromatic ring is 1. The normalized spacial score (nSPS) is 18.6. The van der Waals surface area contributed by atoms with Gasteiger partial charge in [0.25, 0.3) is 0 Å². The van der Waals surface area contributed by atoms with Gasteiger partial charge in [-0.05, 0) is 43.4 Å². The minimum atomic E-state index is 0.137. The number of nitrogens with two attached hydrogens (primary N) is 1. The molecule has 1 aromatic rings. The summed E-state index contributed by atoms with van der Waals surface area (Å²) >= 11 is 0. The first-order chi connectivity index (χ1) is 8.74. The standard InChI is InChI=1S/C15H20N2O/c16-13-6-4-5-12(11-13)9-10-15(18)17-14-7-2-1-3-8-14/h1-2,4-6,11,14H,3,7-10,16H2,(H,17,18). The van der Waals surface area contributed by atoms with Crippen molar-refractivity contribution < 1.29 is 4.79 Å². The van der Waals surface area contributed by atoms with E-state index < -0.39 is 0 Å². The summed E-state index contributed by atoms with van der Waals surface area (Å²) < 4.78 is 0. The molecular formula is C15H20N2O. The number of nitrogens with one attached hydrogen (secondary N) is 1. The van der Waals surface area contributed by atoms with Crippen LogP contribution in [0.5, 0.6) is 0 Å². The lowest BCUT2D eigenvalue weighted by Crippen LogP contribution is -2.35. The summed E-state index contributed by atoms with van der Waals surface area (Å²) in [6, 6.07) is 8.04. The molecule has 18 heavy (non-hydrogen) atoms. The molecule has 3 N–H and O–H groups in total. The quantitative estimate of drug-likeness (QED) is 0.631. The first-order valence-corrected chi connectivity index (χ1v) is 6.53. The Balaban J connectivity index is 1.76. The molecule has 0 radical (unpaired) electrons. The number of carbonyl (C=O) groups is 1. The van der Waals surface area contributed by atoms with Crippen molar-refractivity contribution in [2.45, 2.75) is 38.1 Å². The van der Waals surface area contributed by atoms with E-state index in [0.29, 0.717) is 12.5 Å². The molecule has 1 unspecified atom stereocenters. The fraction of sp³-hybridized carbons (Fsp3) is 0.400. The number of allylic oxidation sites excluding steroid dienone is 1. The predicted octanol–water partition coefficient (Wildman–Crippen LogP) is 2.43. The van der Waals surface area contributed by atoms with E-state index in [1.807, 2.05) is 24.3 Å². The van der Waals surface area contributed by atoms with E-state index >= 15 is 0 Å². The highest BCUT2D eigenvalue weighted by atomic mass is 16.1. The summed E-state index contributed by atoms with van der Waals surface area (Å²) in [4.78, 5) is 11.8. The molecule has 1 aliphatic carbocycles. The molecule has 1 amide bonds. The van der Waals surface area contributed by atoms with Crippen molar-refractivity contribution >= 4 is 11.6 Å². The van der Waals surface area contributed by atoms with Gasteiger partial charge in [-0.15, -0.1) is 0 Å². The van der Waals surface area contributed by atoms with Crippen LogP contribution in [0, 0.1) is 0 Å². The van der Waals surface area contributed by atoms with Crippen molar-refractivity contribution in [3.8, 4) is 0 Å². The van der Waals surface area contributed by atoms with Crippen molar-refractivity contribution in [1.29, 1.82) is 0 Å². The lowest BCUT2D eigenvalue weighted by atomic mass is 10.0. The third-order valence-electron chi connectivity index (χ3n) is 3.23. The average Bonchev–Trinajstić information content (AvgIpc) is 2.38. The lowest BCUT2D eigenvalue weighted by molar-refractivity contribution is -0.121. The van der Waals surface area contributed by atoms with Gasteiger partial charge in [0.15, 0.2) is 0 Å². The van der Waals surface area contributed by atoms with Crippen LogP contribution in [0.4, 0.5) is 5.69 Å². The fourth-order valence-corrected chi connectivity index (χ4v) is 2.23. The van der Waals surface area contributed by atoms with E-state index in [1.165, 1.54) is 0 Å². The van der Waals surface area contributed by atoms with Gasteiger partial charge in [-0.3, -0.25) is 4.79 Å². The second-order valence-corrected chi connectivity index (χ2v) is 4.79. The highest BCUT2D eigenvalue weighted by molar-refractivity contribution is 5.76. The molecule has 0 aliphatic heterocycles. The fourth-order valence-electron chi connectivity index (χ4n) is 2.23. The van der Waals surface area contributed by atoms with Crippen LogP contribution in [0.1, 0.15) is 31.2 Å². The van der Waals surface area contributed by atoms with Gasteiger partial charge < -0.3 is 11.1 Å². The van der Waals surface area contributed by atoms with Crippen LogP contribution in [0.15, 0.2) is 36.4 Å². The van der Waals surface area contributed by atoms with Crippen LogP contribution < -0.4 is 11.1 Å². The maximum atomic E-state index is 11.8. The Hall–Kier alpha value is -1.77. The summed E-state index contributed by atoms with van der Waals surface area (Å²) in [5.41, 5.74) is 7.58. The maximum absolute atomic E-state index is 11.8. The Kier molecular flexibility index (Phi) is 4.40. The summed E-state index contributed by atoms with van der Waals surface area (Å²) in [6.07, 6.45) is 8.69. The number of hydrogen-bond acceptors (Lipinski definition) is 2. The number of hydrogen-bond donors (Lipinski definition) is 2. The zero-order chi connectivity index (χ0) is 12.8. The van der Waals surface area contributed by atoms with Crippen molar-refractivity contribution in [3.05, 3.63) is 42.0 Å². The molecule has 1 aromatic carbocycles. The largest absolute Gasteiger partial charge is 0.399 e. The topological polar surface area (TPSA) is 55.1 Å². The van der Waals surface area contributed by atoms with Gasteiger partial charge >= 0.3 is 0 Å². The van der Waals surface area contributed by atoms with E-state index in [-0.39, 0.29) is 5.91 Å². The molecule has 1 atom stereocenters. The van der Waals surface area contributed by atoms with Crippen LogP contribution in [0.3, 0.4) is 0 Å². The number of anilines is 1. The van der Waals surface area contributed by atoms with E-state index in [9.17, 15) is 4.79 Å². The molecule has 0 saturated carbocycles. The molecule has 0 spiro atoms. The smallest absolute Gasteiger partial charge is 0.220 e. The lowest BCUT2D eigenvalue weighted by Gasteiger charge is -2.19. The molecule has 0 aromatic heterocycles. The number of aryl methyl sites for hydroxylation is 1. The number of carbonyl (C=O) groups excluding carboxylic acids is 1. The summed E-state index contributed by atoms with van der Waals surface area (Å²) in [7, 11) is 0. The van der Waals surface area contributed by atoms with Crippen molar-refractivity contribution in [2.24, 2.45) is 0 Å². The van der Waals surface area contributed by atoms with Gasteiger partial charge in [0.1, 0.15) is 0 Å². The molecule has 96 valence electrons. The van der Waals surface area contributed by atoms with Crippen LogP contribution in [-0.2, 0) is 11.2 Å². The van der Waals surface area contributed by atoms with Crippen LogP contribution in [0.25, 0.3) is 0 Å². The Bertz CT molecular complexity index is 440. The number of benzene rings is 1. The first kappa shape index (κ1) is 12.7. The molecular weight excluding hydrogens is 224 g/mol. The van der Waals surface area contributed by atoms with Crippen LogP contribution in [0.2, 0.25) is 0 Å². The number of rotatable bonds is 4. The Labute approximate surface area is 108 Å². The van der Waals surface area contributed by atoms with E-state index in [2.05, 4.69) is 17.5 Å². The highest BCUT2D eigenvalue weighted by Gasteiger charge is 2.12. The third-order valence-corrected chi connectivity index (χ3v) is 3.23. The molecule has 3 nitrogen and oxygen atoms in total. The molecule has 0 heterocycles. The zero-order valence-corrected chi connectivity index (χ0v) is 10.6. The first-order valence-electron chi connectivity index (χ1n) is 6.53. The molecule has 0 bridgehead atoms. The average molecular weight is 244 g/mol. The van der Waals surface area contributed by atoms with Gasteiger partial charge in [0.2, 0.25) is 5.91 Å². The maximum Gasteiger partial charge on any atom is 0.220 e. The Morgan fingerprint density at radius 3 is 3.00 bits per heavy atom. The van der Waals surface area contributed by atoms with Crippen molar-refractivity contribution in [2.75, 3.05) is 5.73 Å². The molecule has 1 aliphatic rings. The Morgan fingerprint density at radius 1 is 1.39 bits per heavy atom. The molecule has 0 fully saturated rings. The molecule has 3 heteroatoms. The van der Waals surface area contributed by atoms with Crippen LogP contribution in [-0.4, -0.2) is 11.9 Å². The van der Waals surface area contributed by atoms with Crippen molar-refractivity contribution in [1.82, 2.24) is 5.32 Å². The summed E-state index contributed by atoms with van der Waals surface area (Å²) in [5, 5.41) is 3.08. The van der Waals surface area contributed by atoms with Gasteiger partial charge in [-0.1, -0.05) is 24.3 Å². The predicted molar refractivity (Wildman–Crippen MR) is 74.1 cm³/mol. The minimum absolute atomic E-state index is 0.137. The van der Waals surface area contributed by atoms with Gasteiger partial charge in [-0.2, -0.15) is 0 Å². The summed E-state index contributed by atoms with van der Waals surface area (Å²) in [5.74, 6) is 0.137. The second-order valence-electron chi connectivity index (χ2n) is 4.79. The highest BCUT2D eigenvalue weighted by Crippen LogP contribution is 2.12. The van der Waals surface area contributed by atoms with E-state index in [1.54, 1.807) is 0 Å². The van der Waals surface area contributed by atoms with Gasteiger partial charge in [-0.25, -0.2) is 0 Å². The second kappa shape index (κ2) is 6.24. The van der Waals surface area contributed by atoms with Gasteiger partial charge in [0.05, 0.1) is 0 Å². The minimum Gasteiger partial charge on any atom is -0.399 e. The van der Waals surface area contributed by atoms with Crippen molar-refractivity contribution in [3.63, 3.8) is 0 Å². The monoisotopic (exact) mass is 244 g/mol. The van der Waals surface area contributed by atoms with Crippen LogP contribution >= 0.6 is 0 Å². The summed E-state index contributed by atoms with van der Waals surface area (Å²) in [6.45, 7) is 0. The Morgan fingerprint density at radius 2 is 2.28 bits per heavy atom. The zero-order valence-electron chi connectivity index (χ0n) is 10.6. The van der Waals surface area contributed by atoms with Gasteiger partial charge in [0, 0.05) is 18.2 Å². The molecule has 0 saturated heterocycles.